The van der Waals surface area contributed by atoms with Gasteiger partial charge in [-0.1, -0.05) is 11.6 Å². The maximum absolute atomic E-state index is 13.0. The van der Waals surface area contributed by atoms with E-state index in [4.69, 9.17) is 16.3 Å². The molecule has 0 radical (unpaired) electrons. The Balaban J connectivity index is 1.89. The predicted molar refractivity (Wildman–Crippen MR) is 102 cm³/mol. The lowest BCUT2D eigenvalue weighted by atomic mass is 9.95. The van der Waals surface area contributed by atoms with Crippen LogP contribution >= 0.6 is 22.9 Å². The van der Waals surface area contributed by atoms with Gasteiger partial charge in [-0.05, 0) is 37.3 Å². The van der Waals surface area contributed by atoms with Gasteiger partial charge in [-0.3, -0.25) is 9.59 Å². The molecule has 156 valence electrons. The lowest BCUT2D eigenvalue weighted by Crippen LogP contribution is -2.29. The quantitative estimate of drug-likeness (QED) is 0.720. The number of pyridine rings is 1. The molecule has 3 rings (SSSR count). The smallest absolute Gasteiger partial charge is 0.417 e. The molecular formula is C18H16ClF3N2O4S. The van der Waals surface area contributed by atoms with Crippen molar-refractivity contribution in [3.63, 3.8) is 0 Å². The van der Waals surface area contributed by atoms with Gasteiger partial charge in [0.25, 0.3) is 5.56 Å². The predicted octanol–water partition coefficient (Wildman–Crippen LogP) is 3.89. The third-order valence-corrected chi connectivity index (χ3v) is 5.98. The van der Waals surface area contributed by atoms with Gasteiger partial charge in [0.2, 0.25) is 5.91 Å². The topological polar surface area (TPSA) is 77.4 Å². The molecule has 0 atom stereocenters. The summed E-state index contributed by atoms with van der Waals surface area (Å²) in [6.45, 7) is -0.689. The maximum atomic E-state index is 13.0. The van der Waals surface area contributed by atoms with Gasteiger partial charge >= 0.3 is 12.1 Å². The van der Waals surface area contributed by atoms with E-state index in [0.717, 1.165) is 29.7 Å². The Labute approximate surface area is 172 Å². The minimum absolute atomic E-state index is 0.259. The molecule has 1 aliphatic rings. The fraction of sp³-hybridized carbons (Fsp3) is 0.389. The minimum Gasteiger partial charge on any atom is -0.465 e. The number of halogens is 4. The fourth-order valence-corrected chi connectivity index (χ4v) is 4.68. The highest BCUT2D eigenvalue weighted by atomic mass is 35.5. The van der Waals surface area contributed by atoms with Crippen molar-refractivity contribution in [2.24, 2.45) is 0 Å². The van der Waals surface area contributed by atoms with Crippen molar-refractivity contribution in [2.75, 3.05) is 12.4 Å². The second kappa shape index (κ2) is 8.19. The normalized spacial score (nSPS) is 13.7. The Morgan fingerprint density at radius 2 is 2.00 bits per heavy atom. The molecule has 2 aromatic heterocycles. The van der Waals surface area contributed by atoms with Crippen LogP contribution in [0.1, 0.15) is 39.2 Å². The molecule has 2 heterocycles. The van der Waals surface area contributed by atoms with Crippen LogP contribution in [-0.2, 0) is 35.1 Å². The van der Waals surface area contributed by atoms with E-state index in [1.807, 2.05) is 0 Å². The molecule has 0 aromatic carbocycles. The lowest BCUT2D eigenvalue weighted by molar-refractivity contribution is -0.138. The number of anilines is 1. The summed E-state index contributed by atoms with van der Waals surface area (Å²) in [7, 11) is 1.23. The number of esters is 1. The summed E-state index contributed by atoms with van der Waals surface area (Å²) < 4.78 is 44.3. The van der Waals surface area contributed by atoms with E-state index in [9.17, 15) is 27.6 Å². The van der Waals surface area contributed by atoms with E-state index in [1.54, 1.807) is 0 Å². The van der Waals surface area contributed by atoms with Crippen molar-refractivity contribution in [3.8, 4) is 0 Å². The van der Waals surface area contributed by atoms with Crippen LogP contribution in [0.15, 0.2) is 17.1 Å². The number of thiophene rings is 1. The van der Waals surface area contributed by atoms with E-state index in [2.05, 4.69) is 5.32 Å². The van der Waals surface area contributed by atoms with Crippen molar-refractivity contribution >= 4 is 39.8 Å². The number of rotatable bonds is 4. The molecule has 0 saturated carbocycles. The summed E-state index contributed by atoms with van der Waals surface area (Å²) in [4.78, 5) is 37.6. The van der Waals surface area contributed by atoms with Crippen LogP contribution in [0.2, 0.25) is 5.02 Å². The number of ether oxygens (including phenoxy) is 1. The van der Waals surface area contributed by atoms with Gasteiger partial charge in [-0.25, -0.2) is 4.79 Å². The minimum atomic E-state index is -4.72. The molecule has 29 heavy (non-hydrogen) atoms. The van der Waals surface area contributed by atoms with Gasteiger partial charge in [0.05, 0.1) is 18.2 Å². The first-order valence-corrected chi connectivity index (χ1v) is 9.81. The fourth-order valence-electron chi connectivity index (χ4n) is 3.16. The lowest BCUT2D eigenvalue weighted by Gasteiger charge is -2.13. The molecule has 6 nitrogen and oxygen atoms in total. The number of alkyl halides is 3. The number of hydrogen-bond acceptors (Lipinski definition) is 5. The number of methoxy groups -OCH3 is 1. The average Bonchev–Trinajstić information content (AvgIpc) is 3.01. The number of fused-ring (bicyclic) bond motifs is 1. The molecule has 0 aliphatic heterocycles. The summed E-state index contributed by atoms with van der Waals surface area (Å²) in [6, 6.07) is 0.515. The number of nitrogens with one attached hydrogen (secondary N) is 1. The van der Waals surface area contributed by atoms with Crippen LogP contribution in [0.4, 0.5) is 18.2 Å². The third-order valence-electron chi connectivity index (χ3n) is 4.50. The molecule has 11 heteroatoms. The van der Waals surface area contributed by atoms with E-state index in [0.29, 0.717) is 23.3 Å². The van der Waals surface area contributed by atoms with Gasteiger partial charge in [-0.2, -0.15) is 13.2 Å². The number of carbonyl (C=O) groups excluding carboxylic acids is 2. The van der Waals surface area contributed by atoms with E-state index in [-0.39, 0.29) is 10.6 Å². The number of nitrogens with zero attached hydrogens (tertiary/aromatic N) is 1. The van der Waals surface area contributed by atoms with Crippen LogP contribution in [0, 0.1) is 0 Å². The third kappa shape index (κ3) is 4.48. The highest BCUT2D eigenvalue weighted by molar-refractivity contribution is 7.17. The Morgan fingerprint density at radius 1 is 1.31 bits per heavy atom. The Kier molecular flexibility index (Phi) is 6.04. The molecular weight excluding hydrogens is 433 g/mol. The summed E-state index contributed by atoms with van der Waals surface area (Å²) >= 11 is 6.83. The van der Waals surface area contributed by atoms with Crippen LogP contribution in [0.5, 0.6) is 0 Å². The zero-order chi connectivity index (χ0) is 21.3. The summed E-state index contributed by atoms with van der Waals surface area (Å²) in [5, 5.41) is 2.15. The Bertz CT molecular complexity index is 1030. The van der Waals surface area contributed by atoms with Crippen molar-refractivity contribution < 1.29 is 27.5 Å². The first-order valence-electron chi connectivity index (χ1n) is 8.61. The molecule has 0 unspecified atom stereocenters. The highest BCUT2D eigenvalue weighted by Crippen LogP contribution is 2.38. The van der Waals surface area contributed by atoms with Crippen molar-refractivity contribution in [2.45, 2.75) is 38.4 Å². The van der Waals surface area contributed by atoms with Gasteiger partial charge < -0.3 is 14.6 Å². The van der Waals surface area contributed by atoms with E-state index in [1.165, 1.54) is 18.4 Å². The molecule has 0 bridgehead atoms. The van der Waals surface area contributed by atoms with Crippen molar-refractivity contribution in [1.82, 2.24) is 4.57 Å². The molecule has 0 fully saturated rings. The first-order chi connectivity index (χ1) is 13.6. The van der Waals surface area contributed by atoms with Gasteiger partial charge in [0, 0.05) is 11.1 Å². The van der Waals surface area contributed by atoms with E-state index < -0.39 is 40.7 Å². The average molecular weight is 449 g/mol. The molecule has 1 aliphatic carbocycles. The second-order valence-electron chi connectivity index (χ2n) is 6.46. The Morgan fingerprint density at radius 3 is 2.66 bits per heavy atom. The maximum Gasteiger partial charge on any atom is 0.417 e. The summed E-state index contributed by atoms with van der Waals surface area (Å²) in [6.07, 6.45) is -0.884. The van der Waals surface area contributed by atoms with Crippen molar-refractivity contribution in [1.29, 1.82) is 0 Å². The van der Waals surface area contributed by atoms with Crippen LogP contribution in [0.3, 0.4) is 0 Å². The number of aromatic nitrogens is 1. The molecule has 1 N–H and O–H groups in total. The number of carbonyl (C=O) groups is 2. The molecule has 2 aromatic rings. The molecule has 1 amide bonds. The zero-order valence-electron chi connectivity index (χ0n) is 15.2. The van der Waals surface area contributed by atoms with Gasteiger partial charge in [-0.15, -0.1) is 11.3 Å². The van der Waals surface area contributed by atoms with Crippen LogP contribution in [-0.4, -0.2) is 23.6 Å². The molecule has 0 spiro atoms. The first kappa shape index (κ1) is 21.4. The number of aryl methyl sites for hydroxylation is 1. The largest absolute Gasteiger partial charge is 0.465 e. The SMILES string of the molecule is COC(=O)c1c(NC(=O)Cn2cc(C(F)(F)F)cc(Cl)c2=O)sc2c1CCCC2. The number of amides is 1. The summed E-state index contributed by atoms with van der Waals surface area (Å²) in [5.74, 6) is -1.36. The van der Waals surface area contributed by atoms with Crippen LogP contribution < -0.4 is 10.9 Å². The van der Waals surface area contributed by atoms with E-state index >= 15 is 0 Å². The molecule has 0 saturated heterocycles. The highest BCUT2D eigenvalue weighted by Gasteiger charge is 2.32. The Hall–Kier alpha value is -2.33. The number of hydrogen-bond donors (Lipinski definition) is 1. The standard InChI is InChI=1S/C18H16ClF3N2O4S/c1-28-17(27)14-10-4-2-3-5-12(10)29-15(14)23-13(25)8-24-7-9(18(20,21)22)6-11(19)16(24)26/h6-7H,2-5,8H2,1H3,(H,23,25). The van der Waals surface area contributed by atoms with Crippen LogP contribution in [0.25, 0.3) is 0 Å². The second-order valence-corrected chi connectivity index (χ2v) is 7.97. The van der Waals surface area contributed by atoms with Gasteiger partial charge in [0.15, 0.2) is 0 Å². The zero-order valence-corrected chi connectivity index (χ0v) is 16.8. The van der Waals surface area contributed by atoms with Gasteiger partial charge in [0.1, 0.15) is 16.6 Å². The summed E-state index contributed by atoms with van der Waals surface area (Å²) in [5.41, 5.74) is -0.983. The van der Waals surface area contributed by atoms with Crippen molar-refractivity contribution in [3.05, 3.63) is 49.2 Å². The monoisotopic (exact) mass is 448 g/mol.